The predicted octanol–water partition coefficient (Wildman–Crippen LogP) is 2.05. The Kier molecular flexibility index (Phi) is 6.73. The van der Waals surface area contributed by atoms with E-state index >= 15 is 0 Å². The standard InChI is InChI=1S/C15H22N2O3/c1-4-9-20-15(19)12-5-7-13(8-6-12)17-14(18)11(2)10-16-3/h5-8,11,16H,4,9-10H2,1-3H3,(H,17,18). The molecule has 20 heavy (non-hydrogen) atoms. The minimum atomic E-state index is -0.340. The molecule has 2 N–H and O–H groups in total. The molecular weight excluding hydrogens is 256 g/mol. The third kappa shape index (κ3) is 5.01. The van der Waals surface area contributed by atoms with Crippen LogP contribution in [-0.4, -0.2) is 32.1 Å². The first-order chi connectivity index (χ1) is 9.58. The van der Waals surface area contributed by atoms with E-state index in [9.17, 15) is 9.59 Å². The van der Waals surface area contributed by atoms with Crippen LogP contribution in [0.4, 0.5) is 5.69 Å². The molecule has 110 valence electrons. The van der Waals surface area contributed by atoms with Gasteiger partial charge in [0.1, 0.15) is 0 Å². The minimum absolute atomic E-state index is 0.0549. The van der Waals surface area contributed by atoms with E-state index in [0.29, 0.717) is 24.4 Å². The molecule has 1 aromatic rings. The van der Waals surface area contributed by atoms with E-state index in [4.69, 9.17) is 4.74 Å². The number of anilines is 1. The first-order valence-electron chi connectivity index (χ1n) is 6.81. The Morgan fingerprint density at radius 3 is 2.45 bits per heavy atom. The fourth-order valence-electron chi connectivity index (χ4n) is 1.63. The average Bonchev–Trinajstić information content (AvgIpc) is 2.45. The zero-order valence-corrected chi connectivity index (χ0v) is 12.2. The highest BCUT2D eigenvalue weighted by Gasteiger charge is 2.12. The molecule has 1 rings (SSSR count). The van der Waals surface area contributed by atoms with Crippen LogP contribution in [0.15, 0.2) is 24.3 Å². The highest BCUT2D eigenvalue weighted by Crippen LogP contribution is 2.12. The summed E-state index contributed by atoms with van der Waals surface area (Å²) in [6.07, 6.45) is 0.795. The lowest BCUT2D eigenvalue weighted by molar-refractivity contribution is -0.119. The first-order valence-corrected chi connectivity index (χ1v) is 6.81. The Bertz CT molecular complexity index is 443. The van der Waals surface area contributed by atoms with Crippen LogP contribution in [0.2, 0.25) is 0 Å². The number of carbonyl (C=O) groups excluding carboxylic acids is 2. The quantitative estimate of drug-likeness (QED) is 0.749. The summed E-state index contributed by atoms with van der Waals surface area (Å²) in [5.41, 5.74) is 1.16. The monoisotopic (exact) mass is 278 g/mol. The second-order valence-electron chi connectivity index (χ2n) is 4.66. The van der Waals surface area contributed by atoms with Gasteiger partial charge in [-0.25, -0.2) is 4.79 Å². The maximum Gasteiger partial charge on any atom is 0.338 e. The molecule has 1 unspecified atom stereocenters. The lowest BCUT2D eigenvalue weighted by Gasteiger charge is -2.11. The number of amides is 1. The number of esters is 1. The number of benzene rings is 1. The van der Waals surface area contributed by atoms with Crippen LogP contribution in [0, 0.1) is 5.92 Å². The Balaban J connectivity index is 2.58. The molecule has 0 fully saturated rings. The van der Waals surface area contributed by atoms with Crippen LogP contribution in [0.1, 0.15) is 30.6 Å². The van der Waals surface area contributed by atoms with Crippen molar-refractivity contribution in [2.45, 2.75) is 20.3 Å². The number of nitrogens with one attached hydrogen (secondary N) is 2. The van der Waals surface area contributed by atoms with Crippen LogP contribution >= 0.6 is 0 Å². The summed E-state index contributed by atoms with van der Waals surface area (Å²) in [6.45, 7) is 4.83. The highest BCUT2D eigenvalue weighted by atomic mass is 16.5. The number of hydrogen-bond donors (Lipinski definition) is 2. The summed E-state index contributed by atoms with van der Waals surface area (Å²) in [6, 6.07) is 6.70. The van der Waals surface area contributed by atoms with E-state index in [1.165, 1.54) is 0 Å². The Morgan fingerprint density at radius 1 is 1.25 bits per heavy atom. The molecule has 0 radical (unpaired) electrons. The Labute approximate surface area is 119 Å². The zero-order valence-electron chi connectivity index (χ0n) is 12.2. The summed E-state index contributed by atoms with van der Waals surface area (Å²) in [7, 11) is 1.81. The second-order valence-corrected chi connectivity index (χ2v) is 4.66. The Morgan fingerprint density at radius 2 is 1.90 bits per heavy atom. The van der Waals surface area contributed by atoms with Crippen molar-refractivity contribution in [2.75, 3.05) is 25.5 Å². The molecule has 0 heterocycles. The number of carbonyl (C=O) groups is 2. The van der Waals surface area contributed by atoms with E-state index in [0.717, 1.165) is 6.42 Å². The summed E-state index contributed by atoms with van der Waals surface area (Å²) >= 11 is 0. The predicted molar refractivity (Wildman–Crippen MR) is 78.7 cm³/mol. The normalized spacial score (nSPS) is 11.8. The third-order valence-electron chi connectivity index (χ3n) is 2.78. The SMILES string of the molecule is CCCOC(=O)c1ccc(NC(=O)C(C)CNC)cc1. The van der Waals surface area contributed by atoms with Crippen LogP contribution in [-0.2, 0) is 9.53 Å². The van der Waals surface area contributed by atoms with Crippen molar-refractivity contribution < 1.29 is 14.3 Å². The van der Waals surface area contributed by atoms with Crippen LogP contribution < -0.4 is 10.6 Å². The molecule has 5 heteroatoms. The van der Waals surface area contributed by atoms with Crippen molar-refractivity contribution in [1.29, 1.82) is 0 Å². The summed E-state index contributed by atoms with van der Waals surface area (Å²) < 4.78 is 5.03. The van der Waals surface area contributed by atoms with Crippen LogP contribution in [0.5, 0.6) is 0 Å². The topological polar surface area (TPSA) is 67.4 Å². The Hall–Kier alpha value is -1.88. The summed E-state index contributed by atoms with van der Waals surface area (Å²) in [4.78, 5) is 23.4. The maximum atomic E-state index is 11.8. The van der Waals surface area contributed by atoms with Gasteiger partial charge in [-0.05, 0) is 37.7 Å². The molecule has 1 aromatic carbocycles. The minimum Gasteiger partial charge on any atom is -0.462 e. The van der Waals surface area contributed by atoms with Crippen molar-refractivity contribution in [3.63, 3.8) is 0 Å². The van der Waals surface area contributed by atoms with Crippen molar-refractivity contribution in [3.05, 3.63) is 29.8 Å². The van der Waals surface area contributed by atoms with Gasteiger partial charge in [-0.15, -0.1) is 0 Å². The van der Waals surface area contributed by atoms with Gasteiger partial charge in [0.25, 0.3) is 0 Å². The molecule has 0 saturated carbocycles. The van der Waals surface area contributed by atoms with E-state index in [-0.39, 0.29) is 17.8 Å². The van der Waals surface area contributed by atoms with Gasteiger partial charge in [-0.2, -0.15) is 0 Å². The average molecular weight is 278 g/mol. The van der Waals surface area contributed by atoms with Gasteiger partial charge in [0, 0.05) is 18.2 Å². The van der Waals surface area contributed by atoms with E-state index in [1.54, 1.807) is 31.3 Å². The highest BCUT2D eigenvalue weighted by molar-refractivity contribution is 5.94. The van der Waals surface area contributed by atoms with E-state index < -0.39 is 0 Å². The molecular formula is C15H22N2O3. The van der Waals surface area contributed by atoms with Crippen molar-refractivity contribution in [3.8, 4) is 0 Å². The molecule has 1 atom stereocenters. The van der Waals surface area contributed by atoms with Crippen molar-refractivity contribution in [2.24, 2.45) is 5.92 Å². The van der Waals surface area contributed by atoms with Gasteiger partial charge < -0.3 is 15.4 Å². The van der Waals surface area contributed by atoms with Gasteiger partial charge in [0.2, 0.25) is 5.91 Å². The first kappa shape index (κ1) is 16.2. The van der Waals surface area contributed by atoms with Gasteiger partial charge in [0.05, 0.1) is 12.2 Å². The molecule has 0 aliphatic heterocycles. The molecule has 5 nitrogen and oxygen atoms in total. The van der Waals surface area contributed by atoms with Gasteiger partial charge in [0.15, 0.2) is 0 Å². The van der Waals surface area contributed by atoms with Gasteiger partial charge in [-0.3, -0.25) is 4.79 Å². The smallest absolute Gasteiger partial charge is 0.338 e. The zero-order chi connectivity index (χ0) is 15.0. The van der Waals surface area contributed by atoms with Crippen LogP contribution in [0.25, 0.3) is 0 Å². The van der Waals surface area contributed by atoms with Gasteiger partial charge >= 0.3 is 5.97 Å². The lowest BCUT2D eigenvalue weighted by Crippen LogP contribution is -2.28. The molecule has 0 saturated heterocycles. The van der Waals surface area contributed by atoms with E-state index in [1.807, 2.05) is 13.8 Å². The largest absolute Gasteiger partial charge is 0.462 e. The number of hydrogen-bond acceptors (Lipinski definition) is 4. The van der Waals surface area contributed by atoms with Gasteiger partial charge in [-0.1, -0.05) is 13.8 Å². The van der Waals surface area contributed by atoms with Crippen LogP contribution in [0.3, 0.4) is 0 Å². The molecule has 0 aliphatic carbocycles. The maximum absolute atomic E-state index is 11.8. The van der Waals surface area contributed by atoms with E-state index in [2.05, 4.69) is 10.6 Å². The molecule has 0 spiro atoms. The molecule has 0 aliphatic rings. The molecule has 0 aromatic heterocycles. The fraction of sp³-hybridized carbons (Fsp3) is 0.467. The number of ether oxygens (including phenoxy) is 1. The third-order valence-corrected chi connectivity index (χ3v) is 2.78. The second kappa shape index (κ2) is 8.32. The molecule has 0 bridgehead atoms. The number of rotatable bonds is 7. The fourth-order valence-corrected chi connectivity index (χ4v) is 1.63. The van der Waals surface area contributed by atoms with Crippen molar-refractivity contribution >= 4 is 17.6 Å². The molecule has 1 amide bonds. The summed E-state index contributed by atoms with van der Waals surface area (Å²) in [5, 5.41) is 5.76. The van der Waals surface area contributed by atoms with Crippen molar-refractivity contribution in [1.82, 2.24) is 5.32 Å². The lowest BCUT2D eigenvalue weighted by atomic mass is 10.1. The summed E-state index contributed by atoms with van der Waals surface area (Å²) in [5.74, 6) is -0.511.